The lowest BCUT2D eigenvalue weighted by Crippen LogP contribution is -2.36. The number of hydrogen-bond donors (Lipinski definition) is 2. The lowest BCUT2D eigenvalue weighted by Gasteiger charge is -2.26. The fourth-order valence-electron chi connectivity index (χ4n) is 3.34. The first-order valence-corrected chi connectivity index (χ1v) is 13.4. The molecule has 2 aromatic rings. The number of para-hydroxylation sites is 1. The summed E-state index contributed by atoms with van der Waals surface area (Å²) in [5.41, 5.74) is 1.07. The van der Waals surface area contributed by atoms with Crippen LogP contribution in [0.5, 0.6) is 0 Å². The van der Waals surface area contributed by atoms with Crippen molar-refractivity contribution in [2.45, 2.75) is 30.7 Å². The number of rotatable bonds is 7. The first kappa shape index (κ1) is 23.5. The second-order valence-corrected chi connectivity index (χ2v) is 11.4. The van der Waals surface area contributed by atoms with E-state index in [9.17, 15) is 21.6 Å². The summed E-state index contributed by atoms with van der Waals surface area (Å²) in [6, 6.07) is 10.8. The monoisotopic (exact) mass is 485 g/mol. The molecule has 8 nitrogen and oxygen atoms in total. The summed E-state index contributed by atoms with van der Waals surface area (Å²) in [5, 5.41) is 2.75. The molecule has 1 heterocycles. The van der Waals surface area contributed by atoms with Gasteiger partial charge >= 0.3 is 0 Å². The van der Waals surface area contributed by atoms with E-state index in [1.54, 1.807) is 24.3 Å². The summed E-state index contributed by atoms with van der Waals surface area (Å²) in [6.45, 7) is 0.909. The van der Waals surface area contributed by atoms with E-state index in [4.69, 9.17) is 11.6 Å². The second kappa shape index (κ2) is 9.56. The molecule has 0 bridgehead atoms. The van der Waals surface area contributed by atoms with E-state index < -0.39 is 26.0 Å². The number of nitrogens with zero attached hydrogens (tertiary/aromatic N) is 1. The van der Waals surface area contributed by atoms with Gasteiger partial charge in [-0.1, -0.05) is 36.2 Å². The molecule has 0 spiro atoms. The number of benzene rings is 2. The van der Waals surface area contributed by atoms with Crippen molar-refractivity contribution < 1.29 is 21.6 Å². The van der Waals surface area contributed by atoms with E-state index in [1.165, 1.54) is 22.5 Å². The van der Waals surface area contributed by atoms with Crippen molar-refractivity contribution >= 4 is 43.2 Å². The maximum absolute atomic E-state index is 13.0. The average molecular weight is 486 g/mol. The third-order valence-electron chi connectivity index (χ3n) is 4.88. The quantitative estimate of drug-likeness (QED) is 0.626. The topological polar surface area (TPSA) is 113 Å². The first-order valence-electron chi connectivity index (χ1n) is 9.71. The van der Waals surface area contributed by atoms with Crippen LogP contribution in [0.25, 0.3) is 0 Å². The highest BCUT2D eigenvalue weighted by atomic mass is 35.5. The van der Waals surface area contributed by atoms with Crippen LogP contribution in [0.1, 0.15) is 35.2 Å². The lowest BCUT2D eigenvalue weighted by atomic mass is 10.1. The molecule has 2 N–H and O–H groups in total. The molecule has 1 aliphatic rings. The number of piperidine rings is 1. The van der Waals surface area contributed by atoms with Crippen molar-refractivity contribution in [2.75, 3.05) is 24.1 Å². The van der Waals surface area contributed by atoms with Gasteiger partial charge in [0.2, 0.25) is 20.0 Å². The normalized spacial score (nSPS) is 15.4. The molecule has 168 valence electrons. The largest absolute Gasteiger partial charge is 0.348 e. The highest BCUT2D eigenvalue weighted by Crippen LogP contribution is 2.28. The van der Waals surface area contributed by atoms with Crippen molar-refractivity contribution in [1.29, 1.82) is 0 Å². The second-order valence-electron chi connectivity index (χ2n) is 7.32. The van der Waals surface area contributed by atoms with Crippen LogP contribution in [0.3, 0.4) is 0 Å². The molecule has 1 fully saturated rings. The number of nitrogens with one attached hydrogen (secondary N) is 2. The molecule has 0 aromatic heterocycles. The Bertz CT molecular complexity index is 1180. The molecule has 3 rings (SSSR count). The van der Waals surface area contributed by atoms with Crippen LogP contribution in [-0.2, 0) is 26.6 Å². The summed E-state index contributed by atoms with van der Waals surface area (Å²) < 4.78 is 52.8. The van der Waals surface area contributed by atoms with Gasteiger partial charge in [0.05, 0.1) is 17.0 Å². The Kier molecular flexibility index (Phi) is 7.25. The number of anilines is 1. The molecule has 0 saturated carbocycles. The zero-order valence-electron chi connectivity index (χ0n) is 17.0. The van der Waals surface area contributed by atoms with E-state index in [2.05, 4.69) is 10.0 Å². The Hall–Kier alpha value is -2.14. The van der Waals surface area contributed by atoms with E-state index in [0.717, 1.165) is 25.5 Å². The van der Waals surface area contributed by atoms with Crippen LogP contribution in [0.2, 0.25) is 5.02 Å². The minimum atomic E-state index is -3.80. The Labute approximate surface area is 187 Å². The zero-order valence-corrected chi connectivity index (χ0v) is 19.4. The predicted molar refractivity (Wildman–Crippen MR) is 120 cm³/mol. The number of carbonyl (C=O) groups is 1. The van der Waals surface area contributed by atoms with E-state index >= 15 is 0 Å². The van der Waals surface area contributed by atoms with E-state index in [0.29, 0.717) is 24.3 Å². The number of carbonyl (C=O) groups excluding carboxylic acids is 1. The zero-order chi connectivity index (χ0) is 22.6. The van der Waals surface area contributed by atoms with Crippen molar-refractivity contribution in [3.05, 3.63) is 58.6 Å². The van der Waals surface area contributed by atoms with Gasteiger partial charge in [-0.05, 0) is 42.7 Å². The fourth-order valence-corrected chi connectivity index (χ4v) is 5.95. The van der Waals surface area contributed by atoms with Gasteiger partial charge in [0.15, 0.2) is 0 Å². The summed E-state index contributed by atoms with van der Waals surface area (Å²) in [5.74, 6) is -0.499. The molecule has 11 heteroatoms. The minimum absolute atomic E-state index is 0.0500. The van der Waals surface area contributed by atoms with Crippen molar-refractivity contribution in [3.63, 3.8) is 0 Å². The van der Waals surface area contributed by atoms with Gasteiger partial charge in [-0.2, -0.15) is 4.31 Å². The molecule has 0 radical (unpaired) electrons. The molecule has 0 atom stereocenters. The first-order chi connectivity index (χ1) is 14.6. The Morgan fingerprint density at radius 3 is 2.39 bits per heavy atom. The summed E-state index contributed by atoms with van der Waals surface area (Å²) >= 11 is 6.16. The van der Waals surface area contributed by atoms with Gasteiger partial charge in [-0.15, -0.1) is 0 Å². The maximum Gasteiger partial charge on any atom is 0.251 e. The Morgan fingerprint density at radius 2 is 1.71 bits per heavy atom. The molecular formula is C20H24ClN3O5S2. The predicted octanol–water partition coefficient (Wildman–Crippen LogP) is 2.82. The van der Waals surface area contributed by atoms with Crippen LogP contribution in [0.15, 0.2) is 47.4 Å². The van der Waals surface area contributed by atoms with Crippen molar-refractivity contribution in [2.24, 2.45) is 0 Å². The molecule has 0 aliphatic carbocycles. The molecule has 2 aromatic carbocycles. The molecule has 0 unspecified atom stereocenters. The fraction of sp³-hybridized carbons (Fsp3) is 0.350. The minimum Gasteiger partial charge on any atom is -0.348 e. The summed E-state index contributed by atoms with van der Waals surface area (Å²) in [7, 11) is -7.27. The summed E-state index contributed by atoms with van der Waals surface area (Å²) in [4.78, 5) is 12.6. The van der Waals surface area contributed by atoms with E-state index in [-0.39, 0.29) is 22.0 Å². The highest BCUT2D eigenvalue weighted by molar-refractivity contribution is 7.92. The average Bonchev–Trinajstić information content (AvgIpc) is 2.72. The van der Waals surface area contributed by atoms with Crippen LogP contribution in [-0.4, -0.2) is 46.4 Å². The number of amides is 1. The van der Waals surface area contributed by atoms with Crippen LogP contribution >= 0.6 is 11.6 Å². The number of halogens is 1. The maximum atomic E-state index is 13.0. The molecule has 1 aliphatic heterocycles. The Balaban J connectivity index is 1.79. The molecule has 1 amide bonds. The Morgan fingerprint density at radius 1 is 1.03 bits per heavy atom. The number of sulfonamides is 2. The van der Waals surface area contributed by atoms with Gasteiger partial charge in [0, 0.05) is 25.2 Å². The lowest BCUT2D eigenvalue weighted by molar-refractivity contribution is 0.0951. The highest BCUT2D eigenvalue weighted by Gasteiger charge is 2.28. The molecular weight excluding hydrogens is 462 g/mol. The van der Waals surface area contributed by atoms with Gasteiger partial charge in [-0.25, -0.2) is 16.8 Å². The smallest absolute Gasteiger partial charge is 0.251 e. The van der Waals surface area contributed by atoms with Crippen molar-refractivity contribution in [3.8, 4) is 0 Å². The molecule has 1 saturated heterocycles. The van der Waals surface area contributed by atoms with Gasteiger partial charge in [0.1, 0.15) is 4.90 Å². The van der Waals surface area contributed by atoms with Crippen molar-refractivity contribution in [1.82, 2.24) is 9.62 Å². The van der Waals surface area contributed by atoms with Crippen LogP contribution in [0, 0.1) is 0 Å². The standard InChI is InChI=1S/C20H24ClN3O5S2/c1-30(26,27)23-18-8-4-3-7-16(18)14-22-20(25)15-9-10-17(21)19(13-15)31(28,29)24-11-5-2-6-12-24/h3-4,7-10,13,23H,2,5-6,11-12,14H2,1H3,(H,22,25). The number of hydrogen-bond acceptors (Lipinski definition) is 5. The van der Waals surface area contributed by atoms with Gasteiger partial charge in [-0.3, -0.25) is 9.52 Å². The third kappa shape index (κ3) is 5.97. The van der Waals surface area contributed by atoms with Gasteiger partial charge < -0.3 is 5.32 Å². The third-order valence-corrected chi connectivity index (χ3v) is 7.85. The van der Waals surface area contributed by atoms with Crippen LogP contribution < -0.4 is 10.0 Å². The van der Waals surface area contributed by atoms with Gasteiger partial charge in [0.25, 0.3) is 5.91 Å². The molecule has 31 heavy (non-hydrogen) atoms. The SMILES string of the molecule is CS(=O)(=O)Nc1ccccc1CNC(=O)c1ccc(Cl)c(S(=O)(=O)N2CCCCC2)c1. The van der Waals surface area contributed by atoms with E-state index in [1.807, 2.05) is 0 Å². The summed E-state index contributed by atoms with van der Waals surface area (Å²) in [6.07, 6.45) is 3.61. The van der Waals surface area contributed by atoms with Crippen LogP contribution in [0.4, 0.5) is 5.69 Å².